The highest BCUT2D eigenvalue weighted by molar-refractivity contribution is 5.92. The van der Waals surface area contributed by atoms with E-state index in [-0.39, 0.29) is 24.9 Å². The minimum Gasteiger partial charge on any atom is -0.455 e. The quantitative estimate of drug-likeness (QED) is 0.864. The van der Waals surface area contributed by atoms with Crippen molar-refractivity contribution in [3.05, 3.63) is 65.2 Å². The number of aryl methyl sites for hydroxylation is 2. The van der Waals surface area contributed by atoms with E-state index in [1.807, 2.05) is 24.3 Å². The van der Waals surface area contributed by atoms with Gasteiger partial charge in [-0.3, -0.25) is 9.59 Å². The van der Waals surface area contributed by atoms with Crippen LogP contribution in [0.3, 0.4) is 0 Å². The van der Waals surface area contributed by atoms with Gasteiger partial charge in [-0.15, -0.1) is 0 Å². The van der Waals surface area contributed by atoms with Crippen molar-refractivity contribution in [2.75, 3.05) is 11.9 Å². The SMILES string of the molecule is O=C(COC(=O)Cc1ccc2c(c1)CCC2)Nc1ccccc1. The molecule has 118 valence electrons. The van der Waals surface area contributed by atoms with E-state index in [9.17, 15) is 9.59 Å². The number of esters is 1. The van der Waals surface area contributed by atoms with Gasteiger partial charge in [0, 0.05) is 5.69 Å². The third kappa shape index (κ3) is 4.19. The van der Waals surface area contributed by atoms with Gasteiger partial charge in [0.1, 0.15) is 0 Å². The van der Waals surface area contributed by atoms with E-state index in [0.29, 0.717) is 5.69 Å². The summed E-state index contributed by atoms with van der Waals surface area (Å²) in [7, 11) is 0. The summed E-state index contributed by atoms with van der Waals surface area (Å²) in [5.41, 5.74) is 4.34. The first kappa shape index (κ1) is 15.3. The highest BCUT2D eigenvalue weighted by Gasteiger charge is 2.13. The topological polar surface area (TPSA) is 55.4 Å². The van der Waals surface area contributed by atoms with Gasteiger partial charge in [0.2, 0.25) is 0 Å². The fourth-order valence-electron chi connectivity index (χ4n) is 2.82. The molecule has 0 bridgehead atoms. The normalized spacial score (nSPS) is 12.5. The number of carbonyl (C=O) groups is 2. The molecule has 0 unspecified atom stereocenters. The van der Waals surface area contributed by atoms with Crippen LogP contribution in [0.5, 0.6) is 0 Å². The summed E-state index contributed by atoms with van der Waals surface area (Å²) < 4.78 is 5.05. The predicted octanol–water partition coefficient (Wildman–Crippen LogP) is 2.90. The van der Waals surface area contributed by atoms with Gasteiger partial charge in [0.25, 0.3) is 5.91 Å². The number of ether oxygens (including phenoxy) is 1. The number of nitrogens with one attached hydrogen (secondary N) is 1. The second-order valence-corrected chi connectivity index (χ2v) is 5.71. The monoisotopic (exact) mass is 309 g/mol. The number of benzene rings is 2. The Morgan fingerprint density at radius 3 is 2.61 bits per heavy atom. The molecule has 4 heteroatoms. The van der Waals surface area contributed by atoms with Crippen LogP contribution >= 0.6 is 0 Å². The fourth-order valence-corrected chi connectivity index (χ4v) is 2.82. The highest BCUT2D eigenvalue weighted by Crippen LogP contribution is 2.23. The number of fused-ring (bicyclic) bond motifs is 1. The lowest BCUT2D eigenvalue weighted by molar-refractivity contribution is -0.146. The Bertz CT molecular complexity index is 710. The molecule has 0 aromatic heterocycles. The van der Waals surface area contributed by atoms with Crippen LogP contribution in [0.15, 0.2) is 48.5 Å². The minimum atomic E-state index is -0.383. The lowest BCUT2D eigenvalue weighted by Gasteiger charge is -2.07. The van der Waals surface area contributed by atoms with Crippen LogP contribution < -0.4 is 5.32 Å². The largest absolute Gasteiger partial charge is 0.455 e. The zero-order valence-corrected chi connectivity index (χ0v) is 12.9. The average molecular weight is 309 g/mol. The number of amides is 1. The van der Waals surface area contributed by atoms with Crippen molar-refractivity contribution in [2.45, 2.75) is 25.7 Å². The van der Waals surface area contributed by atoms with E-state index in [4.69, 9.17) is 4.74 Å². The lowest BCUT2D eigenvalue weighted by atomic mass is 10.0. The highest BCUT2D eigenvalue weighted by atomic mass is 16.5. The van der Waals surface area contributed by atoms with Crippen molar-refractivity contribution in [1.82, 2.24) is 0 Å². The first-order valence-electron chi connectivity index (χ1n) is 7.82. The number of carbonyl (C=O) groups excluding carboxylic acids is 2. The molecule has 1 aliphatic rings. The summed E-state index contributed by atoms with van der Waals surface area (Å²) in [6.45, 7) is -0.265. The number of para-hydroxylation sites is 1. The van der Waals surface area contributed by atoms with Crippen molar-refractivity contribution < 1.29 is 14.3 Å². The van der Waals surface area contributed by atoms with Gasteiger partial charge in [0.15, 0.2) is 6.61 Å². The van der Waals surface area contributed by atoms with E-state index in [1.165, 1.54) is 17.5 Å². The van der Waals surface area contributed by atoms with Crippen LogP contribution in [0, 0.1) is 0 Å². The molecule has 3 rings (SSSR count). The van der Waals surface area contributed by atoms with Crippen molar-refractivity contribution in [1.29, 1.82) is 0 Å². The van der Waals surface area contributed by atoms with Crippen LogP contribution in [-0.4, -0.2) is 18.5 Å². The summed E-state index contributed by atoms with van der Waals surface area (Å²) in [4.78, 5) is 23.6. The fraction of sp³-hybridized carbons (Fsp3) is 0.263. The van der Waals surface area contributed by atoms with Crippen molar-refractivity contribution in [3.63, 3.8) is 0 Å². The van der Waals surface area contributed by atoms with Gasteiger partial charge in [0.05, 0.1) is 6.42 Å². The van der Waals surface area contributed by atoms with E-state index in [0.717, 1.165) is 18.4 Å². The van der Waals surface area contributed by atoms with E-state index in [1.54, 1.807) is 12.1 Å². The number of hydrogen-bond donors (Lipinski definition) is 1. The maximum absolute atomic E-state index is 11.9. The molecule has 1 N–H and O–H groups in total. The van der Waals surface area contributed by atoms with Gasteiger partial charge in [-0.2, -0.15) is 0 Å². The van der Waals surface area contributed by atoms with Crippen molar-refractivity contribution in [3.8, 4) is 0 Å². The molecule has 0 saturated carbocycles. The third-order valence-electron chi connectivity index (χ3n) is 3.93. The summed E-state index contributed by atoms with van der Waals surface area (Å²) in [5.74, 6) is -0.718. The molecule has 0 aliphatic heterocycles. The predicted molar refractivity (Wildman–Crippen MR) is 88.2 cm³/mol. The van der Waals surface area contributed by atoms with Crippen LogP contribution in [-0.2, 0) is 33.6 Å². The summed E-state index contributed by atoms with van der Waals surface area (Å²) >= 11 is 0. The van der Waals surface area contributed by atoms with Crippen LogP contribution in [0.1, 0.15) is 23.1 Å². The molecular weight excluding hydrogens is 290 g/mol. The summed E-state index contributed by atoms with van der Waals surface area (Å²) in [6, 6.07) is 15.2. The molecule has 0 heterocycles. The standard InChI is InChI=1S/C19H19NO3/c21-18(20-17-7-2-1-3-8-17)13-23-19(22)12-14-9-10-15-5-4-6-16(15)11-14/h1-3,7-11H,4-6,12-13H2,(H,20,21). The van der Waals surface area contributed by atoms with Crippen LogP contribution in [0.2, 0.25) is 0 Å². The molecule has 0 radical (unpaired) electrons. The lowest BCUT2D eigenvalue weighted by Crippen LogP contribution is -2.21. The number of rotatable bonds is 5. The number of anilines is 1. The Labute approximate surface area is 135 Å². The molecule has 23 heavy (non-hydrogen) atoms. The molecule has 1 amide bonds. The van der Waals surface area contributed by atoms with Gasteiger partial charge in [-0.05, 0) is 48.1 Å². The van der Waals surface area contributed by atoms with Gasteiger partial charge < -0.3 is 10.1 Å². The van der Waals surface area contributed by atoms with Crippen LogP contribution in [0.4, 0.5) is 5.69 Å². The Morgan fingerprint density at radius 2 is 1.78 bits per heavy atom. The molecule has 0 saturated heterocycles. The smallest absolute Gasteiger partial charge is 0.310 e. The third-order valence-corrected chi connectivity index (χ3v) is 3.93. The first-order chi connectivity index (χ1) is 11.2. The maximum Gasteiger partial charge on any atom is 0.310 e. The molecule has 1 aliphatic carbocycles. The number of hydrogen-bond acceptors (Lipinski definition) is 3. The van der Waals surface area contributed by atoms with Gasteiger partial charge >= 0.3 is 5.97 Å². The zero-order chi connectivity index (χ0) is 16.1. The van der Waals surface area contributed by atoms with E-state index >= 15 is 0 Å². The second-order valence-electron chi connectivity index (χ2n) is 5.71. The minimum absolute atomic E-state index is 0.200. The second kappa shape index (κ2) is 7.09. The molecule has 0 fully saturated rings. The molecular formula is C19H19NO3. The van der Waals surface area contributed by atoms with Gasteiger partial charge in [-0.25, -0.2) is 0 Å². The molecule has 0 atom stereocenters. The Kier molecular flexibility index (Phi) is 4.71. The molecule has 0 spiro atoms. The van der Waals surface area contributed by atoms with Crippen LogP contribution in [0.25, 0.3) is 0 Å². The maximum atomic E-state index is 11.9. The summed E-state index contributed by atoms with van der Waals surface area (Å²) in [6.07, 6.45) is 3.59. The average Bonchev–Trinajstić information content (AvgIpc) is 3.01. The van der Waals surface area contributed by atoms with Crippen molar-refractivity contribution >= 4 is 17.6 Å². The molecule has 2 aromatic rings. The first-order valence-corrected chi connectivity index (χ1v) is 7.82. The summed E-state index contributed by atoms with van der Waals surface area (Å²) in [5, 5.41) is 2.68. The Morgan fingerprint density at radius 1 is 1.00 bits per heavy atom. The van der Waals surface area contributed by atoms with E-state index in [2.05, 4.69) is 17.4 Å². The van der Waals surface area contributed by atoms with E-state index < -0.39 is 0 Å². The Balaban J connectivity index is 1.47. The van der Waals surface area contributed by atoms with Crippen molar-refractivity contribution in [2.24, 2.45) is 0 Å². The molecule has 4 nitrogen and oxygen atoms in total. The Hall–Kier alpha value is -2.62. The molecule has 2 aromatic carbocycles. The zero-order valence-electron chi connectivity index (χ0n) is 12.9. The van der Waals surface area contributed by atoms with Gasteiger partial charge in [-0.1, -0.05) is 36.4 Å².